The largest absolute Gasteiger partial charge is 0.378 e. The highest BCUT2D eigenvalue weighted by atomic mass is 127. The Kier molecular flexibility index (Phi) is 4.29. The van der Waals surface area contributed by atoms with Crippen LogP contribution in [0.15, 0.2) is 48.5 Å². The van der Waals surface area contributed by atoms with E-state index in [9.17, 15) is 0 Å². The number of halogens is 2. The molecule has 1 N–H and O–H groups in total. The molecule has 0 aromatic heterocycles. The number of nitrogens with one attached hydrogen (secondary N) is 1. The third-order valence-electron chi connectivity index (χ3n) is 2.60. The normalized spacial score (nSPS) is 12.2. The smallest absolute Gasteiger partial charge is 0.0486 e. The van der Waals surface area contributed by atoms with Crippen LogP contribution in [-0.4, -0.2) is 0 Å². The Bertz CT molecular complexity index is 499. The minimum Gasteiger partial charge on any atom is -0.378 e. The van der Waals surface area contributed by atoms with Crippen molar-refractivity contribution in [3.05, 3.63) is 62.7 Å². The molecular weight excluding hydrogens is 345 g/mol. The van der Waals surface area contributed by atoms with Crippen molar-refractivity contribution < 1.29 is 0 Å². The molecule has 0 fully saturated rings. The average molecular weight is 358 g/mol. The standard InChI is InChI=1S/C14H13ClIN/c1-10(11-5-3-2-4-6-11)17-14-8-7-12(15)9-13(14)16/h2-10,17H,1H3. The average Bonchev–Trinajstić information content (AvgIpc) is 2.34. The molecule has 2 aromatic rings. The molecule has 2 rings (SSSR count). The van der Waals surface area contributed by atoms with Crippen molar-refractivity contribution in [1.29, 1.82) is 0 Å². The quantitative estimate of drug-likeness (QED) is 0.752. The Labute approximate surface area is 120 Å². The lowest BCUT2D eigenvalue weighted by Crippen LogP contribution is -2.07. The second-order valence-corrected chi connectivity index (χ2v) is 5.50. The highest BCUT2D eigenvalue weighted by Gasteiger charge is 2.06. The molecule has 0 amide bonds. The molecule has 0 aliphatic carbocycles. The van der Waals surface area contributed by atoms with Crippen LogP contribution in [0.1, 0.15) is 18.5 Å². The van der Waals surface area contributed by atoms with Crippen LogP contribution in [0, 0.1) is 3.57 Å². The molecule has 0 aliphatic heterocycles. The monoisotopic (exact) mass is 357 g/mol. The van der Waals surface area contributed by atoms with Gasteiger partial charge in [0.05, 0.1) is 0 Å². The summed E-state index contributed by atoms with van der Waals surface area (Å²) in [6.07, 6.45) is 0. The first-order chi connectivity index (χ1) is 8.16. The third kappa shape index (κ3) is 3.36. The SMILES string of the molecule is CC(Nc1ccc(Cl)cc1I)c1ccccc1. The molecule has 0 heterocycles. The number of anilines is 1. The predicted molar refractivity (Wildman–Crippen MR) is 82.6 cm³/mol. The van der Waals surface area contributed by atoms with Crippen molar-refractivity contribution in [1.82, 2.24) is 0 Å². The summed E-state index contributed by atoms with van der Waals surface area (Å²) < 4.78 is 1.14. The van der Waals surface area contributed by atoms with Crippen LogP contribution >= 0.6 is 34.2 Å². The van der Waals surface area contributed by atoms with E-state index in [1.807, 2.05) is 24.3 Å². The first-order valence-corrected chi connectivity index (χ1v) is 6.89. The van der Waals surface area contributed by atoms with Gasteiger partial charge in [-0.2, -0.15) is 0 Å². The van der Waals surface area contributed by atoms with Gasteiger partial charge in [-0.1, -0.05) is 41.9 Å². The van der Waals surface area contributed by atoms with E-state index in [4.69, 9.17) is 11.6 Å². The van der Waals surface area contributed by atoms with Crippen LogP contribution in [0.5, 0.6) is 0 Å². The molecule has 0 saturated heterocycles. The van der Waals surface area contributed by atoms with Gasteiger partial charge in [0.1, 0.15) is 0 Å². The maximum atomic E-state index is 5.94. The lowest BCUT2D eigenvalue weighted by molar-refractivity contribution is 0.883. The van der Waals surface area contributed by atoms with Gasteiger partial charge in [-0.05, 0) is 53.3 Å². The summed E-state index contributed by atoms with van der Waals surface area (Å²) in [5.74, 6) is 0. The van der Waals surface area contributed by atoms with E-state index in [2.05, 4.69) is 59.1 Å². The summed E-state index contributed by atoms with van der Waals surface area (Å²) >= 11 is 8.23. The Morgan fingerprint density at radius 3 is 2.47 bits per heavy atom. The van der Waals surface area contributed by atoms with E-state index in [0.717, 1.165) is 14.3 Å². The van der Waals surface area contributed by atoms with E-state index in [-0.39, 0.29) is 6.04 Å². The molecule has 0 aliphatic rings. The highest BCUT2D eigenvalue weighted by Crippen LogP contribution is 2.26. The van der Waals surface area contributed by atoms with Crippen LogP contribution < -0.4 is 5.32 Å². The molecule has 0 saturated carbocycles. The Hall–Kier alpha value is -0.740. The molecular formula is C14H13ClIN. The Morgan fingerprint density at radius 2 is 1.82 bits per heavy atom. The molecule has 88 valence electrons. The van der Waals surface area contributed by atoms with Gasteiger partial charge < -0.3 is 5.32 Å². The molecule has 17 heavy (non-hydrogen) atoms. The van der Waals surface area contributed by atoms with Crippen molar-refractivity contribution >= 4 is 39.9 Å². The van der Waals surface area contributed by atoms with E-state index >= 15 is 0 Å². The summed E-state index contributed by atoms with van der Waals surface area (Å²) in [7, 11) is 0. The van der Waals surface area contributed by atoms with E-state index in [1.54, 1.807) is 0 Å². The van der Waals surface area contributed by atoms with E-state index < -0.39 is 0 Å². The van der Waals surface area contributed by atoms with E-state index in [0.29, 0.717) is 0 Å². The third-order valence-corrected chi connectivity index (χ3v) is 3.73. The van der Waals surface area contributed by atoms with Crippen LogP contribution in [-0.2, 0) is 0 Å². The molecule has 1 nitrogen and oxygen atoms in total. The highest BCUT2D eigenvalue weighted by molar-refractivity contribution is 14.1. The number of benzene rings is 2. The fraction of sp³-hybridized carbons (Fsp3) is 0.143. The summed E-state index contributed by atoms with van der Waals surface area (Å²) in [6, 6.07) is 16.6. The fourth-order valence-electron chi connectivity index (χ4n) is 1.66. The Balaban J connectivity index is 2.16. The van der Waals surface area contributed by atoms with Crippen LogP contribution in [0.4, 0.5) is 5.69 Å². The van der Waals surface area contributed by atoms with Crippen LogP contribution in [0.2, 0.25) is 5.02 Å². The number of hydrogen-bond acceptors (Lipinski definition) is 1. The zero-order valence-corrected chi connectivity index (χ0v) is 12.4. The molecule has 1 atom stereocenters. The van der Waals surface area contributed by atoms with Gasteiger partial charge in [-0.15, -0.1) is 0 Å². The van der Waals surface area contributed by atoms with Crippen molar-refractivity contribution in [2.24, 2.45) is 0 Å². The van der Waals surface area contributed by atoms with Gasteiger partial charge in [0.15, 0.2) is 0 Å². The van der Waals surface area contributed by atoms with Crippen molar-refractivity contribution in [3.8, 4) is 0 Å². The van der Waals surface area contributed by atoms with Crippen molar-refractivity contribution in [2.45, 2.75) is 13.0 Å². The van der Waals surface area contributed by atoms with Gasteiger partial charge in [0.25, 0.3) is 0 Å². The van der Waals surface area contributed by atoms with Crippen LogP contribution in [0.3, 0.4) is 0 Å². The Morgan fingerprint density at radius 1 is 1.12 bits per heavy atom. The maximum Gasteiger partial charge on any atom is 0.0486 e. The minimum atomic E-state index is 0.283. The van der Waals surface area contributed by atoms with Gasteiger partial charge in [-0.3, -0.25) is 0 Å². The lowest BCUT2D eigenvalue weighted by atomic mass is 10.1. The second kappa shape index (κ2) is 5.74. The van der Waals surface area contributed by atoms with Gasteiger partial charge in [-0.25, -0.2) is 0 Å². The molecule has 0 radical (unpaired) electrons. The first-order valence-electron chi connectivity index (χ1n) is 5.43. The number of hydrogen-bond donors (Lipinski definition) is 1. The number of rotatable bonds is 3. The molecule has 2 aromatic carbocycles. The first kappa shape index (κ1) is 12.7. The van der Waals surface area contributed by atoms with Crippen molar-refractivity contribution in [2.75, 3.05) is 5.32 Å². The maximum absolute atomic E-state index is 5.94. The topological polar surface area (TPSA) is 12.0 Å². The molecule has 0 spiro atoms. The summed E-state index contributed by atoms with van der Waals surface area (Å²) in [5.41, 5.74) is 2.39. The van der Waals surface area contributed by atoms with Gasteiger partial charge in [0.2, 0.25) is 0 Å². The lowest BCUT2D eigenvalue weighted by Gasteiger charge is -2.17. The zero-order valence-electron chi connectivity index (χ0n) is 9.45. The molecule has 3 heteroatoms. The zero-order chi connectivity index (χ0) is 12.3. The van der Waals surface area contributed by atoms with Crippen LogP contribution in [0.25, 0.3) is 0 Å². The minimum absolute atomic E-state index is 0.283. The molecule has 0 bridgehead atoms. The van der Waals surface area contributed by atoms with Gasteiger partial charge in [0, 0.05) is 20.3 Å². The van der Waals surface area contributed by atoms with E-state index in [1.165, 1.54) is 5.56 Å². The van der Waals surface area contributed by atoms with Crippen molar-refractivity contribution in [3.63, 3.8) is 0 Å². The molecule has 1 unspecified atom stereocenters. The summed E-state index contributed by atoms with van der Waals surface area (Å²) in [4.78, 5) is 0. The summed E-state index contributed by atoms with van der Waals surface area (Å²) in [6.45, 7) is 2.15. The fourth-order valence-corrected chi connectivity index (χ4v) is 2.69. The second-order valence-electron chi connectivity index (χ2n) is 3.90. The van der Waals surface area contributed by atoms with Gasteiger partial charge >= 0.3 is 0 Å². The predicted octanol–water partition coefficient (Wildman–Crippen LogP) is 5.12. The summed E-state index contributed by atoms with van der Waals surface area (Å²) in [5, 5.41) is 4.26.